The Morgan fingerprint density at radius 3 is 0.852 bits per heavy atom. The summed E-state index contributed by atoms with van der Waals surface area (Å²) in [6.45, 7) is 21.5. The summed E-state index contributed by atoms with van der Waals surface area (Å²) < 4.78 is 76.5. The minimum Gasteiger partial charge on any atom is -0.444 e. The van der Waals surface area contributed by atoms with Gasteiger partial charge in [-0.05, 0) is 27.2 Å². The molecular formula is C38H77NO15. The minimum absolute atomic E-state index is 0.382. The monoisotopic (exact) mass is 788 g/mol. The van der Waals surface area contributed by atoms with E-state index in [1.54, 1.807) is 0 Å². The summed E-state index contributed by atoms with van der Waals surface area (Å²) in [6, 6.07) is 0. The number of hydrogen-bond donors (Lipinski definition) is 1. The molecule has 0 heterocycles. The van der Waals surface area contributed by atoms with Crippen LogP contribution in [-0.2, 0) is 66.3 Å². The number of rotatable bonds is 45. The van der Waals surface area contributed by atoms with Gasteiger partial charge < -0.3 is 71.6 Å². The molecule has 0 radical (unpaired) electrons. The van der Waals surface area contributed by atoms with Crippen molar-refractivity contribution in [2.24, 2.45) is 0 Å². The molecule has 0 atom stereocenters. The molecule has 0 aromatic carbocycles. The van der Waals surface area contributed by atoms with E-state index in [4.69, 9.17) is 66.3 Å². The molecule has 0 unspecified atom stereocenters. The Bertz CT molecular complexity index is 733. The standard InChI is InChI=1S/C38H77NO15/c1-5-6-7-8-9-11-41-13-15-43-17-19-45-21-23-47-25-27-49-29-31-51-33-35-53-36-34-52-32-30-50-28-26-48-24-22-46-20-18-44-16-14-42-12-10-39-37(40)54-38(2,3)4/h5-36H2,1-4H3,(H,39,40). The van der Waals surface area contributed by atoms with Crippen molar-refractivity contribution in [2.75, 3.05) is 178 Å². The van der Waals surface area contributed by atoms with Crippen LogP contribution in [0.25, 0.3) is 0 Å². The molecule has 1 amide bonds. The SMILES string of the molecule is CCCCCCCOCCOCCOCCOCCOCCOCCOCCOCCOCCOCCOCCOCCOCCNC(=O)OC(C)(C)C. The highest BCUT2D eigenvalue weighted by molar-refractivity contribution is 5.67. The number of nitrogens with one attached hydrogen (secondary N) is 1. The number of ether oxygens (including phenoxy) is 14. The van der Waals surface area contributed by atoms with Crippen molar-refractivity contribution in [2.45, 2.75) is 65.4 Å². The molecule has 0 aliphatic carbocycles. The van der Waals surface area contributed by atoms with Crippen molar-refractivity contribution >= 4 is 6.09 Å². The zero-order valence-electron chi connectivity index (χ0n) is 34.3. The predicted octanol–water partition coefficient (Wildman–Crippen LogP) is 3.70. The molecule has 0 saturated carbocycles. The topological polar surface area (TPSA) is 158 Å². The highest BCUT2D eigenvalue weighted by Crippen LogP contribution is 2.06. The Morgan fingerprint density at radius 1 is 0.352 bits per heavy atom. The molecule has 0 fully saturated rings. The van der Waals surface area contributed by atoms with Gasteiger partial charge in [0.1, 0.15) is 5.60 Å². The number of carbonyl (C=O) groups is 1. The fourth-order valence-electron chi connectivity index (χ4n) is 4.09. The van der Waals surface area contributed by atoms with Gasteiger partial charge in [-0.25, -0.2) is 4.79 Å². The Labute approximate surface area is 326 Å². The summed E-state index contributed by atoms with van der Waals surface area (Å²) in [7, 11) is 0. The van der Waals surface area contributed by atoms with Crippen molar-refractivity contribution < 1.29 is 71.1 Å². The van der Waals surface area contributed by atoms with Crippen LogP contribution in [0.5, 0.6) is 0 Å². The minimum atomic E-state index is -0.513. The van der Waals surface area contributed by atoms with Crippen LogP contribution in [0, 0.1) is 0 Å². The van der Waals surface area contributed by atoms with Crippen molar-refractivity contribution in [3.8, 4) is 0 Å². The molecule has 0 aliphatic rings. The number of alkyl carbamates (subject to hydrolysis) is 1. The first kappa shape index (κ1) is 52.8. The molecule has 0 aromatic rings. The summed E-state index contributed by atoms with van der Waals surface area (Å²) in [5.41, 5.74) is -0.513. The molecule has 54 heavy (non-hydrogen) atoms. The van der Waals surface area contributed by atoms with Gasteiger partial charge in [0.25, 0.3) is 0 Å². The van der Waals surface area contributed by atoms with Gasteiger partial charge in [-0.1, -0.05) is 32.6 Å². The first-order valence-corrected chi connectivity index (χ1v) is 19.9. The molecule has 1 N–H and O–H groups in total. The average molecular weight is 788 g/mol. The predicted molar refractivity (Wildman–Crippen MR) is 204 cm³/mol. The lowest BCUT2D eigenvalue weighted by Gasteiger charge is -2.19. The number of carbonyl (C=O) groups excluding carboxylic acids is 1. The van der Waals surface area contributed by atoms with Gasteiger partial charge in [-0.2, -0.15) is 0 Å². The highest BCUT2D eigenvalue weighted by atomic mass is 16.6. The maximum absolute atomic E-state index is 11.5. The normalized spacial score (nSPS) is 11.8. The van der Waals surface area contributed by atoms with Gasteiger partial charge in [0, 0.05) is 13.2 Å². The summed E-state index contributed by atoms with van der Waals surface area (Å²) >= 11 is 0. The number of unbranched alkanes of at least 4 members (excludes halogenated alkanes) is 4. The van der Waals surface area contributed by atoms with Gasteiger partial charge in [0.15, 0.2) is 0 Å². The molecule has 0 aromatic heterocycles. The second kappa shape index (κ2) is 44.5. The van der Waals surface area contributed by atoms with Crippen LogP contribution in [0.4, 0.5) is 4.79 Å². The van der Waals surface area contributed by atoms with E-state index in [1.165, 1.54) is 25.7 Å². The van der Waals surface area contributed by atoms with Gasteiger partial charge in [0.05, 0.1) is 165 Å². The van der Waals surface area contributed by atoms with Crippen LogP contribution in [0.2, 0.25) is 0 Å². The van der Waals surface area contributed by atoms with E-state index in [2.05, 4.69) is 12.2 Å². The fourth-order valence-corrected chi connectivity index (χ4v) is 4.09. The molecule has 0 rings (SSSR count). The third-order valence-electron chi connectivity index (χ3n) is 6.77. The second-order valence-electron chi connectivity index (χ2n) is 12.8. The molecule has 0 saturated heterocycles. The highest BCUT2D eigenvalue weighted by Gasteiger charge is 2.15. The Morgan fingerprint density at radius 2 is 0.593 bits per heavy atom. The zero-order chi connectivity index (χ0) is 39.3. The van der Waals surface area contributed by atoms with Crippen LogP contribution in [0.3, 0.4) is 0 Å². The molecule has 16 nitrogen and oxygen atoms in total. The van der Waals surface area contributed by atoms with Gasteiger partial charge in [-0.15, -0.1) is 0 Å². The molecule has 16 heteroatoms. The zero-order valence-corrected chi connectivity index (χ0v) is 34.3. The first-order valence-electron chi connectivity index (χ1n) is 19.9. The largest absolute Gasteiger partial charge is 0.444 e. The van der Waals surface area contributed by atoms with E-state index in [-0.39, 0.29) is 0 Å². The van der Waals surface area contributed by atoms with Crippen molar-refractivity contribution in [1.82, 2.24) is 5.32 Å². The quantitative estimate of drug-likeness (QED) is 0.0891. The van der Waals surface area contributed by atoms with Crippen LogP contribution in [-0.4, -0.2) is 190 Å². The second-order valence-corrected chi connectivity index (χ2v) is 12.8. The summed E-state index contributed by atoms with van der Waals surface area (Å²) in [5.74, 6) is 0. The van der Waals surface area contributed by atoms with E-state index in [1.807, 2.05) is 20.8 Å². The maximum atomic E-state index is 11.5. The summed E-state index contributed by atoms with van der Waals surface area (Å²) in [4.78, 5) is 11.5. The third kappa shape index (κ3) is 48.8. The molecular weight excluding hydrogens is 710 g/mol. The Balaban J connectivity index is 3.09. The fraction of sp³-hybridized carbons (Fsp3) is 0.974. The number of hydrogen-bond acceptors (Lipinski definition) is 15. The molecule has 324 valence electrons. The Kier molecular flexibility index (Phi) is 43.4. The van der Waals surface area contributed by atoms with Crippen molar-refractivity contribution in [3.63, 3.8) is 0 Å². The maximum Gasteiger partial charge on any atom is 0.407 e. The van der Waals surface area contributed by atoms with Crippen LogP contribution < -0.4 is 5.32 Å². The van der Waals surface area contributed by atoms with E-state index in [0.29, 0.717) is 172 Å². The summed E-state index contributed by atoms with van der Waals surface area (Å²) in [6.07, 6.45) is 5.81. The van der Waals surface area contributed by atoms with Gasteiger partial charge >= 0.3 is 6.09 Å². The van der Waals surface area contributed by atoms with Crippen molar-refractivity contribution in [1.29, 1.82) is 0 Å². The smallest absolute Gasteiger partial charge is 0.407 e. The van der Waals surface area contributed by atoms with E-state index >= 15 is 0 Å². The lowest BCUT2D eigenvalue weighted by molar-refractivity contribution is -0.0290. The Hall–Kier alpha value is -1.25. The molecule has 0 bridgehead atoms. The summed E-state index contributed by atoms with van der Waals surface area (Å²) in [5, 5.41) is 2.63. The third-order valence-corrected chi connectivity index (χ3v) is 6.77. The first-order chi connectivity index (χ1) is 26.5. The van der Waals surface area contributed by atoms with Gasteiger partial charge in [-0.3, -0.25) is 0 Å². The van der Waals surface area contributed by atoms with E-state index < -0.39 is 11.7 Å². The molecule has 0 spiro atoms. The average Bonchev–Trinajstić information content (AvgIpc) is 3.14. The molecule has 0 aliphatic heterocycles. The van der Waals surface area contributed by atoms with E-state index in [0.717, 1.165) is 13.0 Å². The van der Waals surface area contributed by atoms with Crippen LogP contribution in [0.1, 0.15) is 59.8 Å². The number of amides is 1. The lowest BCUT2D eigenvalue weighted by Crippen LogP contribution is -2.34. The van der Waals surface area contributed by atoms with Gasteiger partial charge in [0.2, 0.25) is 0 Å². The van der Waals surface area contributed by atoms with Crippen LogP contribution >= 0.6 is 0 Å². The lowest BCUT2D eigenvalue weighted by atomic mass is 10.2. The van der Waals surface area contributed by atoms with Crippen molar-refractivity contribution in [3.05, 3.63) is 0 Å². The van der Waals surface area contributed by atoms with Crippen LogP contribution in [0.15, 0.2) is 0 Å². The van der Waals surface area contributed by atoms with E-state index in [9.17, 15) is 4.79 Å².